The Kier molecular flexibility index (Phi) is 4.46. The van der Waals surface area contributed by atoms with Crippen LogP contribution in [-0.4, -0.2) is 7.11 Å². The topological polar surface area (TPSA) is 35.2 Å². The van der Waals surface area contributed by atoms with Crippen molar-refractivity contribution < 1.29 is 4.74 Å². The van der Waals surface area contributed by atoms with Crippen molar-refractivity contribution in [3.05, 3.63) is 64.2 Å². The maximum absolute atomic E-state index is 6.30. The number of halogens is 1. The van der Waals surface area contributed by atoms with E-state index in [0.29, 0.717) is 5.02 Å². The zero-order chi connectivity index (χ0) is 13.8. The van der Waals surface area contributed by atoms with Gasteiger partial charge in [0.25, 0.3) is 0 Å². The molecular formula is C16H18ClNO. The molecule has 0 heterocycles. The molecule has 1 atom stereocenters. The molecule has 19 heavy (non-hydrogen) atoms. The lowest BCUT2D eigenvalue weighted by Crippen LogP contribution is -2.15. The number of ether oxygens (including phenoxy) is 1. The van der Waals surface area contributed by atoms with Gasteiger partial charge in [-0.05, 0) is 36.6 Å². The van der Waals surface area contributed by atoms with Crippen molar-refractivity contribution in [1.82, 2.24) is 0 Å². The summed E-state index contributed by atoms with van der Waals surface area (Å²) < 4.78 is 5.35. The molecular weight excluding hydrogens is 258 g/mol. The van der Waals surface area contributed by atoms with E-state index < -0.39 is 0 Å². The average Bonchev–Trinajstić information content (AvgIpc) is 2.41. The van der Waals surface area contributed by atoms with E-state index in [1.165, 1.54) is 11.1 Å². The summed E-state index contributed by atoms with van der Waals surface area (Å²) >= 11 is 5.96. The quantitative estimate of drug-likeness (QED) is 0.918. The van der Waals surface area contributed by atoms with Crippen molar-refractivity contribution in [2.45, 2.75) is 19.4 Å². The number of nitrogens with two attached hydrogens (primary N) is 1. The monoisotopic (exact) mass is 275 g/mol. The van der Waals surface area contributed by atoms with E-state index in [0.717, 1.165) is 17.7 Å². The Morgan fingerprint density at radius 3 is 2.63 bits per heavy atom. The molecule has 0 bridgehead atoms. The number of aryl methyl sites for hydroxylation is 1. The predicted molar refractivity (Wildman–Crippen MR) is 79.8 cm³/mol. The van der Waals surface area contributed by atoms with E-state index in [-0.39, 0.29) is 6.04 Å². The van der Waals surface area contributed by atoms with E-state index in [2.05, 4.69) is 19.1 Å². The second-order valence-electron chi connectivity index (χ2n) is 4.62. The fourth-order valence-corrected chi connectivity index (χ4v) is 2.34. The normalized spacial score (nSPS) is 12.2. The summed E-state index contributed by atoms with van der Waals surface area (Å²) in [5.41, 5.74) is 9.79. The van der Waals surface area contributed by atoms with Gasteiger partial charge in [0.05, 0.1) is 7.11 Å². The fourth-order valence-electron chi connectivity index (χ4n) is 2.18. The van der Waals surface area contributed by atoms with Crippen LogP contribution in [0.15, 0.2) is 42.5 Å². The molecule has 2 nitrogen and oxygen atoms in total. The molecule has 1 unspecified atom stereocenters. The van der Waals surface area contributed by atoms with Crippen LogP contribution in [0.1, 0.15) is 22.7 Å². The summed E-state index contributed by atoms with van der Waals surface area (Å²) in [4.78, 5) is 0. The third-order valence-electron chi connectivity index (χ3n) is 3.30. The second-order valence-corrected chi connectivity index (χ2v) is 5.06. The van der Waals surface area contributed by atoms with Crippen LogP contribution in [0, 0.1) is 6.92 Å². The van der Waals surface area contributed by atoms with Crippen molar-refractivity contribution in [3.8, 4) is 5.75 Å². The highest BCUT2D eigenvalue weighted by atomic mass is 35.5. The molecule has 0 radical (unpaired) electrons. The number of rotatable bonds is 4. The summed E-state index contributed by atoms with van der Waals surface area (Å²) in [7, 11) is 1.63. The number of hydrogen-bond donors (Lipinski definition) is 1. The molecule has 2 aromatic carbocycles. The zero-order valence-electron chi connectivity index (χ0n) is 11.2. The average molecular weight is 276 g/mol. The van der Waals surface area contributed by atoms with Crippen LogP contribution in [0.2, 0.25) is 5.02 Å². The first-order chi connectivity index (χ1) is 9.11. The first kappa shape index (κ1) is 13.9. The second kappa shape index (κ2) is 6.09. The summed E-state index contributed by atoms with van der Waals surface area (Å²) in [6, 6.07) is 13.8. The lowest BCUT2D eigenvalue weighted by molar-refractivity contribution is 0.405. The highest BCUT2D eigenvalue weighted by molar-refractivity contribution is 6.30. The molecule has 2 aromatic rings. The van der Waals surface area contributed by atoms with Crippen molar-refractivity contribution in [2.24, 2.45) is 5.73 Å². The van der Waals surface area contributed by atoms with Crippen molar-refractivity contribution >= 4 is 11.6 Å². The fraction of sp³-hybridized carbons (Fsp3) is 0.250. The van der Waals surface area contributed by atoms with Crippen LogP contribution in [0.5, 0.6) is 5.75 Å². The van der Waals surface area contributed by atoms with Gasteiger partial charge < -0.3 is 10.5 Å². The lowest BCUT2D eigenvalue weighted by Gasteiger charge is -2.17. The molecule has 0 amide bonds. The van der Waals surface area contributed by atoms with Gasteiger partial charge in [-0.25, -0.2) is 0 Å². The molecule has 100 valence electrons. The van der Waals surface area contributed by atoms with Gasteiger partial charge in [0, 0.05) is 16.6 Å². The Hall–Kier alpha value is -1.51. The van der Waals surface area contributed by atoms with Crippen molar-refractivity contribution in [3.63, 3.8) is 0 Å². The van der Waals surface area contributed by atoms with Gasteiger partial charge in [0.15, 0.2) is 0 Å². The van der Waals surface area contributed by atoms with Gasteiger partial charge in [0.2, 0.25) is 0 Å². The Labute approximate surface area is 119 Å². The molecule has 0 spiro atoms. The molecule has 2 rings (SSSR count). The first-order valence-electron chi connectivity index (χ1n) is 6.25. The van der Waals surface area contributed by atoms with Gasteiger partial charge in [-0.15, -0.1) is 0 Å². The van der Waals surface area contributed by atoms with Gasteiger partial charge in [-0.3, -0.25) is 0 Å². The molecule has 0 saturated carbocycles. The molecule has 3 heteroatoms. The Bertz CT molecular complexity index is 568. The van der Waals surface area contributed by atoms with Crippen LogP contribution in [0.25, 0.3) is 0 Å². The van der Waals surface area contributed by atoms with E-state index >= 15 is 0 Å². The van der Waals surface area contributed by atoms with Crippen molar-refractivity contribution in [2.75, 3.05) is 7.11 Å². The molecule has 0 aromatic heterocycles. The van der Waals surface area contributed by atoms with Gasteiger partial charge in [-0.1, -0.05) is 41.9 Å². The minimum Gasteiger partial charge on any atom is -0.496 e. The standard InChI is InChI=1S/C16H18ClNO/c1-11-5-3-4-6-12(11)9-15(18)14-8-7-13(17)10-16(14)19-2/h3-8,10,15H,9,18H2,1-2H3. The number of benzene rings is 2. The minimum absolute atomic E-state index is 0.103. The molecule has 0 aliphatic rings. The number of hydrogen-bond acceptors (Lipinski definition) is 2. The summed E-state index contributed by atoms with van der Waals surface area (Å²) in [5, 5.41) is 0.656. The van der Waals surface area contributed by atoms with E-state index in [1.807, 2.05) is 24.3 Å². The highest BCUT2D eigenvalue weighted by Crippen LogP contribution is 2.29. The summed E-state index contributed by atoms with van der Waals surface area (Å²) in [5.74, 6) is 0.744. The molecule has 0 fully saturated rings. The maximum atomic E-state index is 6.30. The van der Waals surface area contributed by atoms with Crippen LogP contribution < -0.4 is 10.5 Å². The first-order valence-corrected chi connectivity index (χ1v) is 6.63. The maximum Gasteiger partial charge on any atom is 0.125 e. The summed E-state index contributed by atoms with van der Waals surface area (Å²) in [6.45, 7) is 2.10. The SMILES string of the molecule is COc1cc(Cl)ccc1C(N)Cc1ccccc1C. The van der Waals surface area contributed by atoms with Gasteiger partial charge >= 0.3 is 0 Å². The smallest absolute Gasteiger partial charge is 0.125 e. The number of methoxy groups -OCH3 is 1. The predicted octanol–water partition coefficient (Wildman–Crippen LogP) is 3.90. The van der Waals surface area contributed by atoms with Crippen LogP contribution in [-0.2, 0) is 6.42 Å². The van der Waals surface area contributed by atoms with Crippen molar-refractivity contribution in [1.29, 1.82) is 0 Å². The lowest BCUT2D eigenvalue weighted by atomic mass is 9.96. The molecule has 2 N–H and O–H groups in total. The highest BCUT2D eigenvalue weighted by Gasteiger charge is 2.13. The van der Waals surface area contributed by atoms with Crippen LogP contribution in [0.3, 0.4) is 0 Å². The van der Waals surface area contributed by atoms with Crippen LogP contribution >= 0.6 is 11.6 Å². The Morgan fingerprint density at radius 1 is 1.21 bits per heavy atom. The molecule has 0 saturated heterocycles. The largest absolute Gasteiger partial charge is 0.496 e. The molecule has 0 aliphatic heterocycles. The Balaban J connectivity index is 2.25. The minimum atomic E-state index is -0.103. The molecule has 0 aliphatic carbocycles. The third kappa shape index (κ3) is 3.28. The van der Waals surface area contributed by atoms with Gasteiger partial charge in [-0.2, -0.15) is 0 Å². The summed E-state index contributed by atoms with van der Waals surface area (Å²) in [6.07, 6.45) is 0.782. The van der Waals surface area contributed by atoms with Gasteiger partial charge in [0.1, 0.15) is 5.75 Å². The van der Waals surface area contributed by atoms with E-state index in [9.17, 15) is 0 Å². The van der Waals surface area contributed by atoms with Crippen LogP contribution in [0.4, 0.5) is 0 Å². The van der Waals surface area contributed by atoms with E-state index in [4.69, 9.17) is 22.1 Å². The third-order valence-corrected chi connectivity index (χ3v) is 3.53. The zero-order valence-corrected chi connectivity index (χ0v) is 11.9. The Morgan fingerprint density at radius 2 is 1.95 bits per heavy atom. The van der Waals surface area contributed by atoms with E-state index in [1.54, 1.807) is 13.2 Å².